The van der Waals surface area contributed by atoms with E-state index in [4.69, 9.17) is 11.6 Å². The second kappa shape index (κ2) is 9.53. The van der Waals surface area contributed by atoms with Gasteiger partial charge in [0, 0.05) is 12.2 Å². The Kier molecular flexibility index (Phi) is 6.85. The van der Waals surface area contributed by atoms with Crippen molar-refractivity contribution in [3.8, 4) is 0 Å². The van der Waals surface area contributed by atoms with Gasteiger partial charge in [0.1, 0.15) is 0 Å². The number of likely N-dealkylation sites (tertiary alicyclic amines) is 1. The Hall–Kier alpha value is -2.37. The zero-order valence-electron chi connectivity index (χ0n) is 15.2. The van der Waals surface area contributed by atoms with Crippen molar-refractivity contribution >= 4 is 29.1 Å². The molecule has 3 rings (SSSR count). The van der Waals surface area contributed by atoms with E-state index in [1.54, 1.807) is 24.3 Å². The van der Waals surface area contributed by atoms with Gasteiger partial charge < -0.3 is 10.6 Å². The molecule has 0 radical (unpaired) electrons. The molecule has 0 aliphatic carbocycles. The van der Waals surface area contributed by atoms with Gasteiger partial charge in [-0.2, -0.15) is 0 Å². The summed E-state index contributed by atoms with van der Waals surface area (Å²) in [4.78, 5) is 26.7. The van der Waals surface area contributed by atoms with Gasteiger partial charge in [0.2, 0.25) is 5.91 Å². The van der Waals surface area contributed by atoms with Gasteiger partial charge in [0.05, 0.1) is 17.1 Å². The molecular formula is C21H24ClN3O2. The maximum atomic E-state index is 12.2. The highest BCUT2D eigenvalue weighted by Gasteiger charge is 2.12. The van der Waals surface area contributed by atoms with E-state index in [2.05, 4.69) is 21.6 Å². The van der Waals surface area contributed by atoms with Crippen LogP contribution in [0.2, 0.25) is 5.02 Å². The highest BCUT2D eigenvalue weighted by molar-refractivity contribution is 6.33. The van der Waals surface area contributed by atoms with E-state index in [0.717, 1.165) is 25.3 Å². The van der Waals surface area contributed by atoms with Crippen LogP contribution in [0.1, 0.15) is 35.2 Å². The smallest absolute Gasteiger partial charge is 0.253 e. The molecule has 2 amide bonds. The predicted molar refractivity (Wildman–Crippen MR) is 108 cm³/mol. The van der Waals surface area contributed by atoms with Gasteiger partial charge in [0.15, 0.2) is 0 Å². The molecule has 0 saturated carbocycles. The van der Waals surface area contributed by atoms with E-state index < -0.39 is 0 Å². The molecule has 0 bridgehead atoms. The zero-order chi connectivity index (χ0) is 19.1. The lowest BCUT2D eigenvalue weighted by Gasteiger charge is -2.26. The number of hydrogen-bond acceptors (Lipinski definition) is 3. The number of amides is 2. The number of hydrogen-bond donors (Lipinski definition) is 2. The first kappa shape index (κ1) is 19.4. The number of carbonyl (C=O) groups is 2. The van der Waals surface area contributed by atoms with Crippen molar-refractivity contribution < 1.29 is 9.59 Å². The van der Waals surface area contributed by atoms with E-state index in [9.17, 15) is 9.59 Å². The SMILES string of the molecule is O=C(CNC(=O)c1ccccc1Cl)Nc1cccc(CN2CCCCC2)c1. The summed E-state index contributed by atoms with van der Waals surface area (Å²) in [5.41, 5.74) is 2.27. The van der Waals surface area contributed by atoms with E-state index >= 15 is 0 Å². The van der Waals surface area contributed by atoms with Crippen LogP contribution >= 0.6 is 11.6 Å². The molecule has 1 fully saturated rings. The van der Waals surface area contributed by atoms with Crippen LogP contribution in [0, 0.1) is 0 Å². The first-order valence-electron chi connectivity index (χ1n) is 9.26. The number of halogens is 1. The lowest BCUT2D eigenvalue weighted by atomic mass is 10.1. The first-order chi connectivity index (χ1) is 13.1. The molecule has 1 heterocycles. The van der Waals surface area contributed by atoms with Gasteiger partial charge in [-0.15, -0.1) is 0 Å². The van der Waals surface area contributed by atoms with Crippen molar-refractivity contribution in [3.05, 3.63) is 64.7 Å². The van der Waals surface area contributed by atoms with Gasteiger partial charge in [-0.05, 0) is 55.8 Å². The van der Waals surface area contributed by atoms with Crippen LogP contribution in [0.15, 0.2) is 48.5 Å². The average molecular weight is 386 g/mol. The molecule has 1 saturated heterocycles. The van der Waals surface area contributed by atoms with Gasteiger partial charge >= 0.3 is 0 Å². The summed E-state index contributed by atoms with van der Waals surface area (Å²) in [5, 5.41) is 5.79. The lowest BCUT2D eigenvalue weighted by molar-refractivity contribution is -0.115. The van der Waals surface area contributed by atoms with Crippen LogP contribution in [0.5, 0.6) is 0 Å². The summed E-state index contributed by atoms with van der Waals surface area (Å²) in [6.07, 6.45) is 3.82. The van der Waals surface area contributed by atoms with Crippen molar-refractivity contribution in [2.45, 2.75) is 25.8 Å². The number of carbonyl (C=O) groups excluding carboxylic acids is 2. The largest absolute Gasteiger partial charge is 0.343 e. The fourth-order valence-electron chi connectivity index (χ4n) is 3.23. The third-order valence-corrected chi connectivity index (χ3v) is 4.92. The maximum absolute atomic E-state index is 12.2. The van der Waals surface area contributed by atoms with Crippen LogP contribution in [0.3, 0.4) is 0 Å². The van der Waals surface area contributed by atoms with Crippen LogP contribution < -0.4 is 10.6 Å². The van der Waals surface area contributed by atoms with Crippen molar-refractivity contribution in [2.75, 3.05) is 25.0 Å². The Bertz CT molecular complexity index is 804. The molecule has 142 valence electrons. The molecule has 0 spiro atoms. The summed E-state index contributed by atoms with van der Waals surface area (Å²) >= 11 is 6.00. The van der Waals surface area contributed by atoms with Crippen LogP contribution in [0.4, 0.5) is 5.69 Å². The molecule has 1 aliphatic rings. The van der Waals surface area contributed by atoms with Crippen molar-refractivity contribution in [1.29, 1.82) is 0 Å². The number of nitrogens with zero attached hydrogens (tertiary/aromatic N) is 1. The summed E-state index contributed by atoms with van der Waals surface area (Å²) in [5.74, 6) is -0.639. The summed E-state index contributed by atoms with van der Waals surface area (Å²) < 4.78 is 0. The molecule has 0 atom stereocenters. The number of nitrogens with one attached hydrogen (secondary N) is 2. The van der Waals surface area contributed by atoms with Gasteiger partial charge in [-0.3, -0.25) is 14.5 Å². The second-order valence-electron chi connectivity index (χ2n) is 6.75. The minimum Gasteiger partial charge on any atom is -0.343 e. The fourth-order valence-corrected chi connectivity index (χ4v) is 3.45. The van der Waals surface area contributed by atoms with Gasteiger partial charge in [0.25, 0.3) is 5.91 Å². The van der Waals surface area contributed by atoms with E-state index in [1.807, 2.05) is 18.2 Å². The predicted octanol–water partition coefficient (Wildman–Crippen LogP) is 3.69. The quantitative estimate of drug-likeness (QED) is 0.797. The Balaban J connectivity index is 1.51. The average Bonchev–Trinajstić information content (AvgIpc) is 2.67. The minimum absolute atomic E-state index is 0.111. The van der Waals surface area contributed by atoms with Gasteiger partial charge in [-0.25, -0.2) is 0 Å². The molecule has 0 aromatic heterocycles. The Morgan fingerprint density at radius 1 is 1.00 bits per heavy atom. The molecule has 2 aromatic carbocycles. The topological polar surface area (TPSA) is 61.4 Å². The third kappa shape index (κ3) is 5.81. The van der Waals surface area contributed by atoms with Crippen LogP contribution in [-0.2, 0) is 11.3 Å². The van der Waals surface area contributed by atoms with E-state index in [-0.39, 0.29) is 18.4 Å². The summed E-state index contributed by atoms with van der Waals surface area (Å²) in [6.45, 7) is 3.04. The van der Waals surface area contributed by atoms with Crippen LogP contribution in [-0.4, -0.2) is 36.3 Å². The monoisotopic (exact) mass is 385 g/mol. The molecule has 6 heteroatoms. The highest BCUT2D eigenvalue weighted by Crippen LogP contribution is 2.16. The lowest BCUT2D eigenvalue weighted by Crippen LogP contribution is -2.33. The standard InChI is InChI=1S/C21H24ClN3O2/c22-19-10-3-2-9-18(19)21(27)23-14-20(26)24-17-8-6-7-16(13-17)15-25-11-4-1-5-12-25/h2-3,6-10,13H,1,4-5,11-12,14-15H2,(H,23,27)(H,24,26). The minimum atomic E-state index is -0.366. The molecule has 1 aliphatic heterocycles. The molecule has 2 N–H and O–H groups in total. The Morgan fingerprint density at radius 2 is 1.78 bits per heavy atom. The number of piperidine rings is 1. The van der Waals surface area contributed by atoms with Crippen molar-refractivity contribution in [3.63, 3.8) is 0 Å². The second-order valence-corrected chi connectivity index (χ2v) is 7.16. The zero-order valence-corrected chi connectivity index (χ0v) is 16.0. The summed E-state index contributed by atoms with van der Waals surface area (Å²) in [6, 6.07) is 14.6. The van der Waals surface area contributed by atoms with Gasteiger partial charge in [-0.1, -0.05) is 42.3 Å². The van der Waals surface area contributed by atoms with Crippen molar-refractivity contribution in [2.24, 2.45) is 0 Å². The first-order valence-corrected chi connectivity index (χ1v) is 9.63. The highest BCUT2D eigenvalue weighted by atomic mass is 35.5. The molecule has 27 heavy (non-hydrogen) atoms. The van der Waals surface area contributed by atoms with E-state index in [0.29, 0.717) is 10.6 Å². The number of rotatable bonds is 6. The Morgan fingerprint density at radius 3 is 2.56 bits per heavy atom. The molecule has 0 unspecified atom stereocenters. The molecule has 2 aromatic rings. The maximum Gasteiger partial charge on any atom is 0.253 e. The molecular weight excluding hydrogens is 362 g/mol. The van der Waals surface area contributed by atoms with Crippen LogP contribution in [0.25, 0.3) is 0 Å². The summed E-state index contributed by atoms with van der Waals surface area (Å²) in [7, 11) is 0. The van der Waals surface area contributed by atoms with Crippen molar-refractivity contribution in [1.82, 2.24) is 10.2 Å². The Labute approximate surface area is 164 Å². The number of benzene rings is 2. The number of anilines is 1. The third-order valence-electron chi connectivity index (χ3n) is 4.59. The fraction of sp³-hybridized carbons (Fsp3) is 0.333. The van der Waals surface area contributed by atoms with E-state index in [1.165, 1.54) is 24.8 Å². The normalized spacial score (nSPS) is 14.6. The molecule has 5 nitrogen and oxygen atoms in total.